The summed E-state index contributed by atoms with van der Waals surface area (Å²) in [5, 5.41) is 26.7. The molecule has 0 aromatic carbocycles. The van der Waals surface area contributed by atoms with Crippen molar-refractivity contribution in [2.24, 2.45) is 22.0 Å². The number of hydrogen-bond acceptors (Lipinski definition) is 15. The smallest absolute Gasteiger partial charge is 0.313 e. The minimum atomic E-state index is -1.17. The van der Waals surface area contributed by atoms with Gasteiger partial charge in [0.25, 0.3) is 5.91 Å². The number of nitrogens with one attached hydrogen (secondary N) is 1. The SMILES string of the molecule is NCCCON=C(C(=O)NC1C(=O)N2CC(CSc3nnc(CN)s3)(C(=O)O)CS[C@H]12)c1csc(N)n1. The minimum Gasteiger partial charge on any atom is -0.481 e. The first-order valence-corrected chi connectivity index (χ1v) is 14.7. The van der Waals surface area contributed by atoms with E-state index in [1.165, 1.54) is 39.8 Å². The number of hydrogen-bond donors (Lipinski definition) is 5. The molecule has 200 valence electrons. The number of nitrogens with two attached hydrogens (primary N) is 3. The van der Waals surface area contributed by atoms with E-state index < -0.39 is 28.7 Å². The highest BCUT2D eigenvalue weighted by Gasteiger charge is 2.57. The monoisotopic (exact) mass is 587 g/mol. The number of aliphatic carboxylic acids is 1. The van der Waals surface area contributed by atoms with Gasteiger partial charge in [0.1, 0.15) is 34.1 Å². The number of thiazole rings is 1. The normalized spacial score (nSPS) is 23.4. The van der Waals surface area contributed by atoms with Crippen LogP contribution < -0.4 is 22.5 Å². The van der Waals surface area contributed by atoms with Gasteiger partial charge in [-0.2, -0.15) is 0 Å². The van der Waals surface area contributed by atoms with Gasteiger partial charge < -0.3 is 37.4 Å². The molecule has 14 nitrogen and oxygen atoms in total. The van der Waals surface area contributed by atoms with Gasteiger partial charge in [0.2, 0.25) is 5.91 Å². The second-order valence-corrected chi connectivity index (χ2v) is 12.4. The molecule has 0 spiro atoms. The molecular formula is C19H25N9O5S4. The summed E-state index contributed by atoms with van der Waals surface area (Å²) in [5.74, 6) is -1.55. The molecule has 37 heavy (non-hydrogen) atoms. The van der Waals surface area contributed by atoms with Crippen LogP contribution in [-0.4, -0.2) is 91.3 Å². The van der Waals surface area contributed by atoms with E-state index in [9.17, 15) is 19.5 Å². The molecule has 2 aromatic heterocycles. The lowest BCUT2D eigenvalue weighted by Gasteiger charge is -2.53. The summed E-state index contributed by atoms with van der Waals surface area (Å²) >= 11 is 5.04. The van der Waals surface area contributed by atoms with E-state index >= 15 is 0 Å². The third kappa shape index (κ3) is 5.99. The van der Waals surface area contributed by atoms with Gasteiger partial charge in [-0.25, -0.2) is 4.98 Å². The number of anilines is 1. The first-order valence-electron chi connectivity index (χ1n) is 11.0. The number of nitrogen functional groups attached to an aromatic ring is 1. The molecule has 0 radical (unpaired) electrons. The third-order valence-electron chi connectivity index (χ3n) is 5.56. The van der Waals surface area contributed by atoms with Gasteiger partial charge in [-0.1, -0.05) is 28.3 Å². The Morgan fingerprint density at radius 2 is 2.19 bits per heavy atom. The van der Waals surface area contributed by atoms with Crippen LogP contribution in [0.25, 0.3) is 0 Å². The predicted molar refractivity (Wildman–Crippen MR) is 141 cm³/mol. The van der Waals surface area contributed by atoms with Crippen molar-refractivity contribution in [2.75, 3.05) is 36.9 Å². The first kappa shape index (κ1) is 27.5. The van der Waals surface area contributed by atoms with Crippen molar-refractivity contribution in [3.05, 3.63) is 16.1 Å². The Labute approximate surface area is 227 Å². The maximum Gasteiger partial charge on any atom is 0.313 e. The molecule has 2 aromatic rings. The molecule has 3 atom stereocenters. The number of carbonyl (C=O) groups is 3. The maximum absolute atomic E-state index is 13.0. The number of carboxylic acids is 1. The molecule has 0 bridgehead atoms. The van der Waals surface area contributed by atoms with Crippen molar-refractivity contribution in [3.8, 4) is 0 Å². The molecular weight excluding hydrogens is 563 g/mol. The highest BCUT2D eigenvalue weighted by Crippen LogP contribution is 2.44. The van der Waals surface area contributed by atoms with E-state index in [-0.39, 0.29) is 53.6 Å². The number of oxime groups is 1. The topological polar surface area (TPSA) is 225 Å². The van der Waals surface area contributed by atoms with Crippen LogP contribution in [0.1, 0.15) is 17.1 Å². The van der Waals surface area contributed by atoms with Gasteiger partial charge in [0.15, 0.2) is 15.2 Å². The molecule has 2 amide bonds. The largest absolute Gasteiger partial charge is 0.481 e. The fourth-order valence-electron chi connectivity index (χ4n) is 3.55. The Hall–Kier alpha value is -2.51. The Morgan fingerprint density at radius 1 is 1.38 bits per heavy atom. The molecule has 0 saturated carbocycles. The van der Waals surface area contributed by atoms with Crippen LogP contribution in [0.2, 0.25) is 0 Å². The fourth-order valence-corrected chi connectivity index (χ4v) is 7.74. The molecule has 2 aliphatic heterocycles. The zero-order valence-corrected chi connectivity index (χ0v) is 22.6. The Bertz CT molecular complexity index is 1190. The number of amides is 2. The van der Waals surface area contributed by atoms with Crippen LogP contribution in [0.4, 0.5) is 5.13 Å². The molecule has 8 N–H and O–H groups in total. The summed E-state index contributed by atoms with van der Waals surface area (Å²) in [6, 6.07) is -0.836. The van der Waals surface area contributed by atoms with E-state index in [4.69, 9.17) is 22.0 Å². The number of carbonyl (C=O) groups excluding carboxylic acids is 2. The van der Waals surface area contributed by atoms with Crippen molar-refractivity contribution < 1.29 is 24.3 Å². The molecule has 2 aliphatic rings. The number of thioether (sulfide) groups is 2. The highest BCUT2D eigenvalue weighted by atomic mass is 32.2. The predicted octanol–water partition coefficient (Wildman–Crippen LogP) is -0.632. The highest BCUT2D eigenvalue weighted by molar-refractivity contribution is 8.01. The summed E-state index contributed by atoms with van der Waals surface area (Å²) in [5.41, 5.74) is 15.7. The number of nitrogens with zero attached hydrogens (tertiary/aromatic N) is 5. The summed E-state index contributed by atoms with van der Waals surface area (Å²) in [6.45, 7) is 0.892. The Morgan fingerprint density at radius 3 is 2.84 bits per heavy atom. The second-order valence-electron chi connectivity index (χ2n) is 8.15. The number of rotatable bonds is 12. The van der Waals surface area contributed by atoms with Crippen LogP contribution in [0.5, 0.6) is 0 Å². The Kier molecular flexibility index (Phi) is 8.86. The number of β-lactam (4-membered cyclic amide) rings is 1. The van der Waals surface area contributed by atoms with Crippen molar-refractivity contribution in [1.82, 2.24) is 25.4 Å². The molecule has 18 heteroatoms. The third-order valence-corrected chi connectivity index (χ3v) is 10.2. The summed E-state index contributed by atoms with van der Waals surface area (Å²) in [7, 11) is 0. The second kappa shape index (κ2) is 11.9. The Balaban J connectivity index is 1.41. The number of fused-ring (bicyclic) bond motifs is 1. The molecule has 2 unspecified atom stereocenters. The number of carboxylic acid groups (broad SMARTS) is 1. The lowest BCUT2D eigenvalue weighted by Crippen LogP contribution is -2.74. The van der Waals surface area contributed by atoms with Crippen molar-refractivity contribution in [1.29, 1.82) is 0 Å². The van der Waals surface area contributed by atoms with Crippen LogP contribution in [0.15, 0.2) is 14.9 Å². The first-order chi connectivity index (χ1) is 17.8. The summed E-state index contributed by atoms with van der Waals surface area (Å²) in [4.78, 5) is 49.0. The van der Waals surface area contributed by atoms with Gasteiger partial charge in [-0.3, -0.25) is 14.4 Å². The van der Waals surface area contributed by atoms with E-state index in [0.717, 1.165) is 11.3 Å². The van der Waals surface area contributed by atoms with Crippen LogP contribution >= 0.6 is 46.2 Å². The average molecular weight is 588 g/mol. The quantitative estimate of drug-likeness (QED) is 0.0686. The summed E-state index contributed by atoms with van der Waals surface area (Å²) in [6.07, 6.45) is 0.545. The van der Waals surface area contributed by atoms with Gasteiger partial charge in [-0.05, 0) is 13.0 Å². The molecule has 2 saturated heterocycles. The standard InChI is InChI=1S/C19H25N9O5S4/c20-2-1-3-33-27-11(9-5-34-17(22)23-9)13(29)24-12-14(30)28-6-19(16(31)32,7-35-15(12)28)8-36-18-26-25-10(4-21)37-18/h5,12,15H,1-4,6-8,20-21H2,(H2,22,23)(H,24,29)(H,31,32)/t12?,15-,19?/m1/s1. The van der Waals surface area contributed by atoms with E-state index in [1.807, 2.05) is 0 Å². The summed E-state index contributed by atoms with van der Waals surface area (Å²) < 4.78 is 0.622. The molecule has 2 fully saturated rings. The van der Waals surface area contributed by atoms with Crippen molar-refractivity contribution in [2.45, 2.75) is 28.7 Å². The van der Waals surface area contributed by atoms with Gasteiger partial charge in [0, 0.05) is 30.0 Å². The van der Waals surface area contributed by atoms with Crippen molar-refractivity contribution in [3.63, 3.8) is 0 Å². The molecule has 4 rings (SSSR count). The van der Waals surface area contributed by atoms with Gasteiger partial charge in [-0.15, -0.1) is 33.3 Å². The maximum atomic E-state index is 13.0. The van der Waals surface area contributed by atoms with Crippen LogP contribution in [0.3, 0.4) is 0 Å². The fraction of sp³-hybridized carbons (Fsp3) is 0.526. The lowest BCUT2D eigenvalue weighted by molar-refractivity contribution is -0.157. The van der Waals surface area contributed by atoms with Crippen LogP contribution in [0, 0.1) is 5.41 Å². The van der Waals surface area contributed by atoms with E-state index in [0.29, 0.717) is 22.3 Å². The van der Waals surface area contributed by atoms with Gasteiger partial charge in [0.05, 0.1) is 0 Å². The molecule has 0 aliphatic carbocycles. The van der Waals surface area contributed by atoms with Crippen molar-refractivity contribution >= 4 is 74.8 Å². The van der Waals surface area contributed by atoms with E-state index in [2.05, 4.69) is 25.7 Å². The average Bonchev–Trinajstić information content (AvgIpc) is 3.54. The minimum absolute atomic E-state index is 0.0204. The van der Waals surface area contributed by atoms with Gasteiger partial charge >= 0.3 is 5.97 Å². The van der Waals surface area contributed by atoms with Crippen LogP contribution in [-0.2, 0) is 25.8 Å². The van der Waals surface area contributed by atoms with E-state index in [1.54, 1.807) is 5.38 Å². The zero-order valence-electron chi connectivity index (χ0n) is 19.4. The number of aromatic nitrogens is 3. The lowest BCUT2D eigenvalue weighted by atomic mass is 9.89. The molecule has 4 heterocycles. The zero-order chi connectivity index (χ0) is 26.6.